The number of nitrogens with zero attached hydrogens (tertiary/aromatic N) is 1. The molecule has 0 unspecified atom stereocenters. The minimum absolute atomic E-state index is 0.0717. The maximum atomic E-state index is 13.5. The van der Waals surface area contributed by atoms with E-state index in [-0.39, 0.29) is 17.9 Å². The molecule has 106 valence electrons. The van der Waals surface area contributed by atoms with Crippen molar-refractivity contribution >= 4 is 5.97 Å². The molecule has 2 aromatic carbocycles. The quantitative estimate of drug-likeness (QED) is 0.640. The minimum Gasteiger partial charge on any atom is -0.494 e. The SMILES string of the molecule is COc1ccc(CC(=O)Oc2cccc(C#N)c2)cc1F. The number of methoxy groups -OCH3 is 1. The molecule has 4 nitrogen and oxygen atoms in total. The molecule has 0 saturated heterocycles. The molecule has 0 aliphatic rings. The zero-order chi connectivity index (χ0) is 15.2. The van der Waals surface area contributed by atoms with Crippen molar-refractivity contribution in [2.24, 2.45) is 0 Å². The first-order valence-corrected chi connectivity index (χ1v) is 6.15. The summed E-state index contributed by atoms with van der Waals surface area (Å²) in [6.45, 7) is 0. The van der Waals surface area contributed by atoms with Gasteiger partial charge in [0.25, 0.3) is 0 Å². The molecule has 21 heavy (non-hydrogen) atoms. The highest BCUT2D eigenvalue weighted by atomic mass is 19.1. The van der Waals surface area contributed by atoms with Gasteiger partial charge in [0.1, 0.15) is 5.75 Å². The fourth-order valence-electron chi connectivity index (χ4n) is 1.78. The highest BCUT2D eigenvalue weighted by molar-refractivity contribution is 5.75. The summed E-state index contributed by atoms with van der Waals surface area (Å²) in [5, 5.41) is 8.77. The average Bonchev–Trinajstić information content (AvgIpc) is 2.47. The van der Waals surface area contributed by atoms with Crippen molar-refractivity contribution in [3.63, 3.8) is 0 Å². The van der Waals surface area contributed by atoms with Crippen LogP contribution in [0.2, 0.25) is 0 Å². The molecule has 0 N–H and O–H groups in total. The number of carbonyl (C=O) groups excluding carboxylic acids is 1. The first-order valence-electron chi connectivity index (χ1n) is 6.15. The second-order valence-corrected chi connectivity index (χ2v) is 4.26. The summed E-state index contributed by atoms with van der Waals surface area (Å²) in [5.41, 5.74) is 0.880. The molecular formula is C16H12FNO3. The lowest BCUT2D eigenvalue weighted by Crippen LogP contribution is -2.11. The predicted octanol–water partition coefficient (Wildman–Crippen LogP) is 2.85. The van der Waals surface area contributed by atoms with E-state index in [0.29, 0.717) is 11.1 Å². The lowest BCUT2D eigenvalue weighted by atomic mass is 10.1. The van der Waals surface area contributed by atoms with Crippen molar-refractivity contribution < 1.29 is 18.7 Å². The van der Waals surface area contributed by atoms with E-state index < -0.39 is 11.8 Å². The van der Waals surface area contributed by atoms with Gasteiger partial charge in [-0.2, -0.15) is 5.26 Å². The first-order chi connectivity index (χ1) is 10.1. The zero-order valence-corrected chi connectivity index (χ0v) is 11.3. The van der Waals surface area contributed by atoms with Gasteiger partial charge in [0.05, 0.1) is 25.2 Å². The van der Waals surface area contributed by atoms with E-state index in [1.54, 1.807) is 24.3 Å². The number of rotatable bonds is 4. The van der Waals surface area contributed by atoms with Crippen LogP contribution in [0, 0.1) is 17.1 Å². The van der Waals surface area contributed by atoms with E-state index in [9.17, 15) is 9.18 Å². The Balaban J connectivity index is 2.04. The second-order valence-electron chi connectivity index (χ2n) is 4.26. The van der Waals surface area contributed by atoms with Crippen LogP contribution in [-0.4, -0.2) is 13.1 Å². The largest absolute Gasteiger partial charge is 0.494 e. The molecule has 0 aliphatic carbocycles. The Hall–Kier alpha value is -2.87. The van der Waals surface area contributed by atoms with Crippen LogP contribution in [-0.2, 0) is 11.2 Å². The van der Waals surface area contributed by atoms with E-state index in [0.717, 1.165) is 0 Å². The topological polar surface area (TPSA) is 59.3 Å². The average molecular weight is 285 g/mol. The van der Waals surface area contributed by atoms with Crippen LogP contribution in [0.15, 0.2) is 42.5 Å². The standard InChI is InChI=1S/C16H12FNO3/c1-20-15-6-5-11(8-14(15)17)9-16(19)21-13-4-2-3-12(7-13)10-18/h2-8H,9H2,1H3. The van der Waals surface area contributed by atoms with Crippen LogP contribution in [0.25, 0.3) is 0 Å². The summed E-state index contributed by atoms with van der Waals surface area (Å²) in [6, 6.07) is 12.5. The van der Waals surface area contributed by atoms with E-state index in [1.807, 2.05) is 6.07 Å². The van der Waals surface area contributed by atoms with Gasteiger partial charge in [0.2, 0.25) is 0 Å². The molecular weight excluding hydrogens is 273 g/mol. The third-order valence-corrected chi connectivity index (χ3v) is 2.76. The number of nitriles is 1. The third-order valence-electron chi connectivity index (χ3n) is 2.76. The van der Waals surface area contributed by atoms with E-state index in [1.165, 1.54) is 25.3 Å². The number of hydrogen-bond donors (Lipinski definition) is 0. The van der Waals surface area contributed by atoms with Gasteiger partial charge < -0.3 is 9.47 Å². The molecule has 0 radical (unpaired) electrons. The van der Waals surface area contributed by atoms with Gasteiger partial charge in [0, 0.05) is 0 Å². The van der Waals surface area contributed by atoms with Gasteiger partial charge in [-0.1, -0.05) is 12.1 Å². The fourth-order valence-corrected chi connectivity index (χ4v) is 1.78. The molecule has 0 heterocycles. The van der Waals surface area contributed by atoms with E-state index >= 15 is 0 Å². The van der Waals surface area contributed by atoms with Gasteiger partial charge in [-0.3, -0.25) is 4.79 Å². The Kier molecular flexibility index (Phi) is 4.52. The molecule has 0 atom stereocenters. The van der Waals surface area contributed by atoms with Gasteiger partial charge in [-0.05, 0) is 35.9 Å². The molecule has 0 amide bonds. The summed E-state index contributed by atoms with van der Waals surface area (Å²) in [7, 11) is 1.37. The number of esters is 1. The molecule has 0 saturated carbocycles. The van der Waals surface area contributed by atoms with Crippen molar-refractivity contribution in [1.29, 1.82) is 5.26 Å². The highest BCUT2D eigenvalue weighted by Crippen LogP contribution is 2.19. The van der Waals surface area contributed by atoms with E-state index in [2.05, 4.69) is 0 Å². The van der Waals surface area contributed by atoms with Gasteiger partial charge in [-0.15, -0.1) is 0 Å². The Morgan fingerprint density at radius 3 is 2.76 bits per heavy atom. The predicted molar refractivity (Wildman–Crippen MR) is 73.4 cm³/mol. The minimum atomic E-state index is -0.533. The summed E-state index contributed by atoms with van der Waals surface area (Å²) in [5.74, 6) is -0.661. The van der Waals surface area contributed by atoms with Crippen LogP contribution in [0.5, 0.6) is 11.5 Å². The van der Waals surface area contributed by atoms with Crippen molar-refractivity contribution in [3.05, 3.63) is 59.4 Å². The van der Waals surface area contributed by atoms with Gasteiger partial charge in [-0.25, -0.2) is 4.39 Å². The molecule has 0 aromatic heterocycles. The van der Waals surface area contributed by atoms with Crippen LogP contribution < -0.4 is 9.47 Å². The normalized spacial score (nSPS) is 9.76. The Morgan fingerprint density at radius 1 is 1.29 bits per heavy atom. The molecule has 0 fully saturated rings. The van der Waals surface area contributed by atoms with Crippen LogP contribution in [0.3, 0.4) is 0 Å². The van der Waals surface area contributed by atoms with Crippen LogP contribution in [0.1, 0.15) is 11.1 Å². The monoisotopic (exact) mass is 285 g/mol. The molecule has 2 rings (SSSR count). The van der Waals surface area contributed by atoms with Gasteiger partial charge >= 0.3 is 5.97 Å². The summed E-state index contributed by atoms with van der Waals surface area (Å²) in [6.07, 6.45) is -0.0717. The number of hydrogen-bond acceptors (Lipinski definition) is 4. The highest BCUT2D eigenvalue weighted by Gasteiger charge is 2.10. The Morgan fingerprint density at radius 2 is 2.10 bits per heavy atom. The Labute approximate surface area is 121 Å². The van der Waals surface area contributed by atoms with Crippen LogP contribution in [0.4, 0.5) is 4.39 Å². The lowest BCUT2D eigenvalue weighted by molar-refractivity contribution is -0.133. The maximum absolute atomic E-state index is 13.5. The lowest BCUT2D eigenvalue weighted by Gasteiger charge is -2.06. The summed E-state index contributed by atoms with van der Waals surface area (Å²) < 4.78 is 23.4. The maximum Gasteiger partial charge on any atom is 0.315 e. The zero-order valence-electron chi connectivity index (χ0n) is 11.3. The Bertz CT molecular complexity index is 707. The molecule has 0 bridgehead atoms. The number of carbonyl (C=O) groups is 1. The summed E-state index contributed by atoms with van der Waals surface area (Å²) in [4.78, 5) is 11.8. The van der Waals surface area contributed by atoms with Gasteiger partial charge in [0.15, 0.2) is 11.6 Å². The second kappa shape index (κ2) is 6.53. The van der Waals surface area contributed by atoms with Crippen LogP contribution >= 0.6 is 0 Å². The first kappa shape index (κ1) is 14.5. The number of halogens is 1. The van der Waals surface area contributed by atoms with Crippen molar-refractivity contribution in [3.8, 4) is 17.6 Å². The van der Waals surface area contributed by atoms with Crippen molar-refractivity contribution in [2.75, 3.05) is 7.11 Å². The van der Waals surface area contributed by atoms with Crippen molar-refractivity contribution in [1.82, 2.24) is 0 Å². The smallest absolute Gasteiger partial charge is 0.315 e. The molecule has 0 spiro atoms. The molecule has 5 heteroatoms. The molecule has 0 aliphatic heterocycles. The number of ether oxygens (including phenoxy) is 2. The fraction of sp³-hybridized carbons (Fsp3) is 0.125. The number of benzene rings is 2. The molecule has 2 aromatic rings. The van der Waals surface area contributed by atoms with E-state index in [4.69, 9.17) is 14.7 Å². The van der Waals surface area contributed by atoms with Crippen molar-refractivity contribution in [2.45, 2.75) is 6.42 Å². The third kappa shape index (κ3) is 3.80. The summed E-state index contributed by atoms with van der Waals surface area (Å²) >= 11 is 0.